The summed E-state index contributed by atoms with van der Waals surface area (Å²) in [6.07, 6.45) is -2.64. The number of anilines is 1. The first-order valence-electron chi connectivity index (χ1n) is 9.71. The number of carboxylic acid groups (broad SMARTS) is 1. The molecule has 1 fully saturated rings. The van der Waals surface area contributed by atoms with Crippen LogP contribution in [-0.2, 0) is 27.4 Å². The Labute approximate surface area is 177 Å². The number of aromatic nitrogens is 1. The molecule has 7 nitrogen and oxygen atoms in total. The maximum atomic E-state index is 13.1. The van der Waals surface area contributed by atoms with Gasteiger partial charge in [-0.05, 0) is 48.2 Å². The van der Waals surface area contributed by atoms with Gasteiger partial charge in [0, 0.05) is 32.4 Å². The Hall–Kier alpha value is -2.66. The maximum Gasteiger partial charge on any atom is 0.417 e. The summed E-state index contributed by atoms with van der Waals surface area (Å²) in [7, 11) is -3.82. The summed E-state index contributed by atoms with van der Waals surface area (Å²) in [5.41, 5.74) is 0.555. The standard InChI is InChI=1S/C20H20F3N3O4S/c21-20(22,23)14-3-6-18(24-12-14)25-7-9-26(10-8-25)31(29,30)15-4-1-13-2-5-16(19(27)28)17(13)11-15/h1,3-4,6,11-12,16H,2,5,7-10H2,(H,27,28)/t16-/m1/s1. The van der Waals surface area contributed by atoms with Crippen LogP contribution in [0, 0.1) is 0 Å². The monoisotopic (exact) mass is 455 g/mol. The van der Waals surface area contributed by atoms with E-state index < -0.39 is 33.7 Å². The highest BCUT2D eigenvalue weighted by Crippen LogP contribution is 2.35. The van der Waals surface area contributed by atoms with E-state index in [1.54, 1.807) is 11.0 Å². The normalized spacial score (nSPS) is 20.0. The lowest BCUT2D eigenvalue weighted by Gasteiger charge is -2.34. The van der Waals surface area contributed by atoms with E-state index in [1.165, 1.54) is 22.5 Å². The van der Waals surface area contributed by atoms with Gasteiger partial charge in [0.25, 0.3) is 0 Å². The molecular formula is C20H20F3N3O4S. The summed E-state index contributed by atoms with van der Waals surface area (Å²) in [5, 5.41) is 9.37. The molecule has 11 heteroatoms. The summed E-state index contributed by atoms with van der Waals surface area (Å²) in [6.45, 7) is 0.843. The minimum atomic E-state index is -4.46. The quantitative estimate of drug-likeness (QED) is 0.763. The lowest BCUT2D eigenvalue weighted by Crippen LogP contribution is -2.48. The van der Waals surface area contributed by atoms with E-state index in [4.69, 9.17) is 0 Å². The molecule has 4 rings (SSSR count). The Balaban J connectivity index is 1.47. The number of fused-ring (bicyclic) bond motifs is 1. The number of piperazine rings is 1. The SMILES string of the molecule is O=C(O)[C@@H]1CCc2ccc(S(=O)(=O)N3CCN(c4ccc(C(F)(F)F)cn4)CC3)cc21. The number of pyridine rings is 1. The zero-order chi connectivity index (χ0) is 22.4. The molecule has 1 aliphatic carbocycles. The van der Waals surface area contributed by atoms with Crippen LogP contribution >= 0.6 is 0 Å². The third kappa shape index (κ3) is 4.11. The molecule has 0 bridgehead atoms. The van der Waals surface area contributed by atoms with Gasteiger partial charge in [-0.15, -0.1) is 0 Å². The Morgan fingerprint density at radius 1 is 1.10 bits per heavy atom. The molecule has 2 aliphatic rings. The minimum Gasteiger partial charge on any atom is -0.481 e. The fourth-order valence-electron chi connectivity index (χ4n) is 4.04. The number of alkyl halides is 3. The number of aryl methyl sites for hydroxylation is 1. The fraction of sp³-hybridized carbons (Fsp3) is 0.400. The predicted molar refractivity (Wildman–Crippen MR) is 105 cm³/mol. The molecule has 1 aliphatic heterocycles. The maximum absolute atomic E-state index is 13.1. The Morgan fingerprint density at radius 2 is 1.81 bits per heavy atom. The van der Waals surface area contributed by atoms with Crippen molar-refractivity contribution in [2.45, 2.75) is 29.8 Å². The van der Waals surface area contributed by atoms with Crippen LogP contribution in [0.4, 0.5) is 19.0 Å². The molecule has 1 saturated heterocycles. The second-order valence-electron chi connectivity index (χ2n) is 7.58. The minimum absolute atomic E-state index is 0.0560. The molecule has 0 saturated carbocycles. The van der Waals surface area contributed by atoms with Crippen molar-refractivity contribution in [3.05, 3.63) is 53.2 Å². The lowest BCUT2D eigenvalue weighted by atomic mass is 10.0. The summed E-state index contributed by atoms with van der Waals surface area (Å²) in [6, 6.07) is 6.87. The number of hydrogen-bond donors (Lipinski definition) is 1. The largest absolute Gasteiger partial charge is 0.481 e. The summed E-state index contributed by atoms with van der Waals surface area (Å²) in [4.78, 5) is 17.1. The summed E-state index contributed by atoms with van der Waals surface area (Å²) >= 11 is 0. The van der Waals surface area contributed by atoms with Crippen molar-refractivity contribution in [2.75, 3.05) is 31.1 Å². The zero-order valence-electron chi connectivity index (χ0n) is 16.3. The molecule has 166 valence electrons. The van der Waals surface area contributed by atoms with Crippen LogP contribution in [0.15, 0.2) is 41.4 Å². The molecule has 2 heterocycles. The van der Waals surface area contributed by atoms with Crippen LogP contribution in [-0.4, -0.2) is 55.0 Å². The second kappa shape index (κ2) is 7.79. The zero-order valence-corrected chi connectivity index (χ0v) is 17.2. The number of rotatable bonds is 4. The summed E-state index contributed by atoms with van der Waals surface area (Å²) in [5.74, 6) is -1.31. The lowest BCUT2D eigenvalue weighted by molar-refractivity contribution is -0.139. The number of sulfonamides is 1. The highest BCUT2D eigenvalue weighted by atomic mass is 32.2. The van der Waals surface area contributed by atoms with Crippen molar-refractivity contribution in [1.82, 2.24) is 9.29 Å². The third-order valence-electron chi connectivity index (χ3n) is 5.77. The molecule has 0 spiro atoms. The Bertz CT molecular complexity index is 1100. The van der Waals surface area contributed by atoms with E-state index >= 15 is 0 Å². The fourth-order valence-corrected chi connectivity index (χ4v) is 5.50. The van der Waals surface area contributed by atoms with Crippen LogP contribution in [0.1, 0.15) is 29.0 Å². The van der Waals surface area contributed by atoms with E-state index in [-0.39, 0.29) is 31.1 Å². The first-order valence-corrected chi connectivity index (χ1v) is 11.2. The van der Waals surface area contributed by atoms with Gasteiger partial charge in [0.15, 0.2) is 0 Å². The molecule has 0 radical (unpaired) electrons. The number of carboxylic acids is 1. The van der Waals surface area contributed by atoms with Gasteiger partial charge in [-0.3, -0.25) is 4.79 Å². The van der Waals surface area contributed by atoms with Crippen molar-refractivity contribution < 1.29 is 31.5 Å². The molecule has 0 amide bonds. The molecule has 2 aromatic rings. The average molecular weight is 455 g/mol. The second-order valence-corrected chi connectivity index (χ2v) is 9.52. The first-order chi connectivity index (χ1) is 14.6. The van der Waals surface area contributed by atoms with E-state index in [1.807, 2.05) is 0 Å². The van der Waals surface area contributed by atoms with Gasteiger partial charge in [-0.25, -0.2) is 13.4 Å². The number of carbonyl (C=O) groups is 1. The number of halogens is 3. The number of nitrogens with zero attached hydrogens (tertiary/aromatic N) is 3. The first kappa shape index (κ1) is 21.6. The van der Waals surface area contributed by atoms with E-state index in [9.17, 15) is 31.5 Å². The number of benzene rings is 1. The van der Waals surface area contributed by atoms with Gasteiger partial charge in [-0.1, -0.05) is 6.07 Å². The van der Waals surface area contributed by atoms with Gasteiger partial charge in [0.1, 0.15) is 5.82 Å². The molecule has 1 aromatic carbocycles. The Morgan fingerprint density at radius 3 is 2.39 bits per heavy atom. The van der Waals surface area contributed by atoms with Gasteiger partial charge in [0.2, 0.25) is 10.0 Å². The van der Waals surface area contributed by atoms with Crippen LogP contribution in [0.5, 0.6) is 0 Å². The molecular weight excluding hydrogens is 435 g/mol. The van der Waals surface area contributed by atoms with Crippen molar-refractivity contribution >= 4 is 21.8 Å². The van der Waals surface area contributed by atoms with Gasteiger partial charge in [-0.2, -0.15) is 17.5 Å². The number of aliphatic carboxylic acids is 1. The van der Waals surface area contributed by atoms with Crippen molar-refractivity contribution in [2.24, 2.45) is 0 Å². The van der Waals surface area contributed by atoms with Gasteiger partial charge in [0.05, 0.1) is 16.4 Å². The van der Waals surface area contributed by atoms with Gasteiger partial charge < -0.3 is 10.0 Å². The van der Waals surface area contributed by atoms with E-state index in [2.05, 4.69) is 4.98 Å². The smallest absolute Gasteiger partial charge is 0.417 e. The molecule has 31 heavy (non-hydrogen) atoms. The molecule has 0 unspecified atom stereocenters. The predicted octanol–water partition coefficient (Wildman–Crippen LogP) is 2.73. The van der Waals surface area contributed by atoms with Crippen LogP contribution in [0.3, 0.4) is 0 Å². The Kier molecular flexibility index (Phi) is 5.42. The third-order valence-corrected chi connectivity index (χ3v) is 7.66. The van der Waals surface area contributed by atoms with E-state index in [0.717, 1.165) is 17.8 Å². The number of hydrogen-bond acceptors (Lipinski definition) is 5. The highest BCUT2D eigenvalue weighted by Gasteiger charge is 2.34. The molecule has 1 aromatic heterocycles. The molecule has 1 N–H and O–H groups in total. The average Bonchev–Trinajstić information content (AvgIpc) is 3.17. The summed E-state index contributed by atoms with van der Waals surface area (Å²) < 4.78 is 65.6. The topological polar surface area (TPSA) is 90.8 Å². The molecule has 1 atom stereocenters. The van der Waals surface area contributed by atoms with Crippen LogP contribution in [0.25, 0.3) is 0 Å². The van der Waals surface area contributed by atoms with Crippen LogP contribution in [0.2, 0.25) is 0 Å². The highest BCUT2D eigenvalue weighted by molar-refractivity contribution is 7.89. The van der Waals surface area contributed by atoms with Crippen molar-refractivity contribution in [1.29, 1.82) is 0 Å². The van der Waals surface area contributed by atoms with Gasteiger partial charge >= 0.3 is 12.1 Å². The van der Waals surface area contributed by atoms with Crippen LogP contribution < -0.4 is 4.90 Å². The van der Waals surface area contributed by atoms with Crippen molar-refractivity contribution in [3.63, 3.8) is 0 Å². The van der Waals surface area contributed by atoms with Crippen molar-refractivity contribution in [3.8, 4) is 0 Å². The van der Waals surface area contributed by atoms with E-state index in [0.29, 0.717) is 24.2 Å².